The van der Waals surface area contributed by atoms with E-state index in [1.807, 2.05) is 6.92 Å². The standard InChI is InChI=1S/C12H18O/c1-3-11-5-7-12(8-6-11)9-10-13-4-2/h5-8H,3-4,9-10H2,1-2H3. The van der Waals surface area contributed by atoms with Crippen LogP contribution in [0.2, 0.25) is 0 Å². The van der Waals surface area contributed by atoms with E-state index in [0.29, 0.717) is 0 Å². The van der Waals surface area contributed by atoms with Crippen molar-refractivity contribution >= 4 is 0 Å². The Morgan fingerprint density at radius 2 is 1.62 bits per heavy atom. The first kappa shape index (κ1) is 10.3. The van der Waals surface area contributed by atoms with E-state index in [-0.39, 0.29) is 0 Å². The number of ether oxygens (including phenoxy) is 1. The van der Waals surface area contributed by atoms with Crippen LogP contribution in [0.1, 0.15) is 25.0 Å². The molecule has 1 heteroatoms. The van der Waals surface area contributed by atoms with Gasteiger partial charge in [-0.3, -0.25) is 0 Å². The second kappa shape index (κ2) is 5.76. The van der Waals surface area contributed by atoms with Gasteiger partial charge in [0.15, 0.2) is 0 Å². The minimum atomic E-state index is 0.813. The highest BCUT2D eigenvalue weighted by atomic mass is 16.5. The number of hydrogen-bond acceptors (Lipinski definition) is 1. The highest BCUT2D eigenvalue weighted by Crippen LogP contribution is 2.05. The molecule has 0 saturated heterocycles. The normalized spacial score (nSPS) is 10.3. The van der Waals surface area contributed by atoms with Gasteiger partial charge in [0.1, 0.15) is 0 Å². The molecule has 13 heavy (non-hydrogen) atoms. The van der Waals surface area contributed by atoms with Crippen molar-refractivity contribution in [2.45, 2.75) is 26.7 Å². The maximum absolute atomic E-state index is 5.29. The lowest BCUT2D eigenvalue weighted by Crippen LogP contribution is -1.97. The summed E-state index contributed by atoms with van der Waals surface area (Å²) in [6.07, 6.45) is 2.14. The molecule has 1 rings (SSSR count). The van der Waals surface area contributed by atoms with Crippen molar-refractivity contribution in [3.8, 4) is 0 Å². The SMILES string of the molecule is CCOCCc1ccc(CC)cc1. The van der Waals surface area contributed by atoms with Crippen molar-refractivity contribution in [1.29, 1.82) is 0 Å². The van der Waals surface area contributed by atoms with E-state index >= 15 is 0 Å². The molecule has 0 N–H and O–H groups in total. The van der Waals surface area contributed by atoms with E-state index in [4.69, 9.17) is 4.74 Å². The summed E-state index contributed by atoms with van der Waals surface area (Å²) in [4.78, 5) is 0. The fraction of sp³-hybridized carbons (Fsp3) is 0.500. The van der Waals surface area contributed by atoms with Crippen LogP contribution in [0, 0.1) is 0 Å². The fourth-order valence-electron chi connectivity index (χ4n) is 1.28. The third-order valence-corrected chi connectivity index (χ3v) is 2.17. The highest BCUT2D eigenvalue weighted by molar-refractivity contribution is 5.22. The van der Waals surface area contributed by atoms with Crippen LogP contribution in [0.3, 0.4) is 0 Å². The van der Waals surface area contributed by atoms with Crippen LogP contribution in [0.15, 0.2) is 24.3 Å². The molecule has 0 aliphatic carbocycles. The molecule has 0 bridgehead atoms. The predicted molar refractivity (Wildman–Crippen MR) is 56.0 cm³/mol. The van der Waals surface area contributed by atoms with Crippen LogP contribution < -0.4 is 0 Å². The van der Waals surface area contributed by atoms with Crippen molar-refractivity contribution in [2.24, 2.45) is 0 Å². The minimum Gasteiger partial charge on any atom is -0.381 e. The molecule has 0 fully saturated rings. The third-order valence-electron chi connectivity index (χ3n) is 2.17. The number of aryl methyl sites for hydroxylation is 1. The summed E-state index contributed by atoms with van der Waals surface area (Å²) < 4.78 is 5.29. The van der Waals surface area contributed by atoms with Crippen molar-refractivity contribution in [3.63, 3.8) is 0 Å². The molecule has 1 aromatic carbocycles. The van der Waals surface area contributed by atoms with E-state index in [1.54, 1.807) is 0 Å². The van der Waals surface area contributed by atoms with E-state index in [2.05, 4.69) is 31.2 Å². The van der Waals surface area contributed by atoms with Crippen LogP contribution in [-0.2, 0) is 17.6 Å². The summed E-state index contributed by atoms with van der Waals surface area (Å²) in [5.74, 6) is 0. The van der Waals surface area contributed by atoms with E-state index in [9.17, 15) is 0 Å². The molecule has 72 valence electrons. The molecule has 0 spiro atoms. The molecule has 0 atom stereocenters. The quantitative estimate of drug-likeness (QED) is 0.630. The van der Waals surface area contributed by atoms with Gasteiger partial charge in [-0.15, -0.1) is 0 Å². The average Bonchev–Trinajstić information content (AvgIpc) is 2.19. The lowest BCUT2D eigenvalue weighted by Gasteiger charge is -2.02. The van der Waals surface area contributed by atoms with Gasteiger partial charge in [0.05, 0.1) is 6.61 Å². The van der Waals surface area contributed by atoms with Gasteiger partial charge >= 0.3 is 0 Å². The molecule has 1 nitrogen and oxygen atoms in total. The first-order valence-corrected chi connectivity index (χ1v) is 5.02. The van der Waals surface area contributed by atoms with E-state index in [0.717, 1.165) is 26.1 Å². The topological polar surface area (TPSA) is 9.23 Å². The van der Waals surface area contributed by atoms with Crippen LogP contribution in [0.25, 0.3) is 0 Å². The van der Waals surface area contributed by atoms with Crippen LogP contribution in [0.5, 0.6) is 0 Å². The Balaban J connectivity index is 2.40. The molecular weight excluding hydrogens is 160 g/mol. The lowest BCUT2D eigenvalue weighted by atomic mass is 10.1. The van der Waals surface area contributed by atoms with Crippen LogP contribution in [0.4, 0.5) is 0 Å². The Kier molecular flexibility index (Phi) is 4.55. The summed E-state index contributed by atoms with van der Waals surface area (Å²) in [6.45, 7) is 5.85. The van der Waals surface area contributed by atoms with Gasteiger partial charge in [-0.25, -0.2) is 0 Å². The molecule has 0 aliphatic rings. The van der Waals surface area contributed by atoms with Gasteiger partial charge in [0, 0.05) is 6.61 Å². The Hall–Kier alpha value is -0.820. The molecule has 0 unspecified atom stereocenters. The van der Waals surface area contributed by atoms with Gasteiger partial charge in [0.2, 0.25) is 0 Å². The van der Waals surface area contributed by atoms with Crippen LogP contribution in [-0.4, -0.2) is 13.2 Å². The monoisotopic (exact) mass is 178 g/mol. The first-order valence-electron chi connectivity index (χ1n) is 5.02. The van der Waals surface area contributed by atoms with Gasteiger partial charge in [-0.1, -0.05) is 31.2 Å². The minimum absolute atomic E-state index is 0.813. The Morgan fingerprint density at radius 3 is 2.15 bits per heavy atom. The highest BCUT2D eigenvalue weighted by Gasteiger charge is 1.93. The summed E-state index contributed by atoms with van der Waals surface area (Å²) in [5, 5.41) is 0. The summed E-state index contributed by atoms with van der Waals surface area (Å²) in [7, 11) is 0. The molecule has 0 aliphatic heterocycles. The molecule has 0 aromatic heterocycles. The number of hydrogen-bond donors (Lipinski definition) is 0. The predicted octanol–water partition coefficient (Wildman–Crippen LogP) is 2.83. The molecule has 0 amide bonds. The molecule has 0 heterocycles. The van der Waals surface area contributed by atoms with Crippen molar-refractivity contribution in [3.05, 3.63) is 35.4 Å². The zero-order valence-electron chi connectivity index (χ0n) is 8.55. The third kappa shape index (κ3) is 3.60. The summed E-state index contributed by atoms with van der Waals surface area (Å²) >= 11 is 0. The van der Waals surface area contributed by atoms with Crippen molar-refractivity contribution in [2.75, 3.05) is 13.2 Å². The smallest absolute Gasteiger partial charge is 0.0506 e. The maximum atomic E-state index is 5.29. The zero-order valence-corrected chi connectivity index (χ0v) is 8.55. The Labute approximate surface area is 80.7 Å². The van der Waals surface area contributed by atoms with Crippen LogP contribution >= 0.6 is 0 Å². The van der Waals surface area contributed by atoms with E-state index < -0.39 is 0 Å². The molecule has 0 saturated carbocycles. The van der Waals surface area contributed by atoms with Gasteiger partial charge in [-0.05, 0) is 30.9 Å². The van der Waals surface area contributed by atoms with E-state index in [1.165, 1.54) is 11.1 Å². The molecular formula is C12H18O. The summed E-state index contributed by atoms with van der Waals surface area (Å²) in [6, 6.07) is 8.78. The summed E-state index contributed by atoms with van der Waals surface area (Å²) in [5.41, 5.74) is 2.77. The zero-order chi connectivity index (χ0) is 9.52. The van der Waals surface area contributed by atoms with Crippen molar-refractivity contribution in [1.82, 2.24) is 0 Å². The number of benzene rings is 1. The van der Waals surface area contributed by atoms with Gasteiger partial charge in [0.25, 0.3) is 0 Å². The Bertz CT molecular complexity index is 225. The van der Waals surface area contributed by atoms with Gasteiger partial charge < -0.3 is 4.74 Å². The molecule has 1 aromatic rings. The largest absolute Gasteiger partial charge is 0.381 e. The number of rotatable bonds is 5. The molecule has 0 radical (unpaired) electrons. The second-order valence-electron chi connectivity index (χ2n) is 3.12. The average molecular weight is 178 g/mol. The van der Waals surface area contributed by atoms with Gasteiger partial charge in [-0.2, -0.15) is 0 Å². The maximum Gasteiger partial charge on any atom is 0.0506 e. The second-order valence-corrected chi connectivity index (χ2v) is 3.12. The van der Waals surface area contributed by atoms with Crippen molar-refractivity contribution < 1.29 is 4.74 Å². The lowest BCUT2D eigenvalue weighted by molar-refractivity contribution is 0.151. The fourth-order valence-corrected chi connectivity index (χ4v) is 1.28. The Morgan fingerprint density at radius 1 is 1.00 bits per heavy atom. The first-order chi connectivity index (χ1) is 6.36.